The molecule has 4 rings (SSSR count). The molecule has 5 atom stereocenters. The molecule has 16 heteroatoms. The Hall–Kier alpha value is -3.68. The summed E-state index contributed by atoms with van der Waals surface area (Å²) < 4.78 is 35.9. The molecule has 1 unspecified atom stereocenters. The maximum Gasteiger partial charge on any atom is 0.437 e. The van der Waals surface area contributed by atoms with E-state index in [-0.39, 0.29) is 22.1 Å². The van der Waals surface area contributed by atoms with Crippen LogP contribution in [0.3, 0.4) is 0 Å². The van der Waals surface area contributed by atoms with Crippen molar-refractivity contribution >= 4 is 47.6 Å². The second kappa shape index (κ2) is 13.1. The Morgan fingerprint density at radius 2 is 1.60 bits per heavy atom. The molecule has 42 heavy (non-hydrogen) atoms. The Labute approximate surface area is 247 Å². The number of aromatic nitrogens is 2. The first kappa shape index (κ1) is 31.3. The second-order valence-corrected chi connectivity index (χ2v) is 13.1. The SMILES string of the molecule is CC(=O)O[C@@H]1[C@H](OC(C)=O)[C@@H](CSP(=O)(O)Oc2ccccc2Cl)O[C@H]1n1ccc(=O)n(C(=O)c2ccccc2)c1=O. The minimum Gasteiger partial charge on any atom is -0.456 e. The van der Waals surface area contributed by atoms with Crippen LogP contribution < -0.4 is 15.8 Å². The number of carbonyl (C=O) groups excluding carboxylic acids is 3. The minimum absolute atomic E-state index is 0.0473. The third-order valence-corrected chi connectivity index (χ3v) is 9.04. The van der Waals surface area contributed by atoms with Gasteiger partial charge in [0.1, 0.15) is 11.9 Å². The number of halogens is 1. The maximum atomic E-state index is 13.5. The first-order valence-electron chi connectivity index (χ1n) is 12.2. The van der Waals surface area contributed by atoms with Crippen molar-refractivity contribution in [2.75, 3.05) is 5.75 Å². The van der Waals surface area contributed by atoms with Gasteiger partial charge in [0.25, 0.3) is 11.5 Å². The van der Waals surface area contributed by atoms with E-state index in [1.165, 1.54) is 24.3 Å². The zero-order valence-electron chi connectivity index (χ0n) is 22.0. The van der Waals surface area contributed by atoms with Gasteiger partial charge in [-0.3, -0.25) is 23.7 Å². The van der Waals surface area contributed by atoms with Gasteiger partial charge >= 0.3 is 24.4 Å². The van der Waals surface area contributed by atoms with Crippen molar-refractivity contribution in [1.29, 1.82) is 0 Å². The summed E-state index contributed by atoms with van der Waals surface area (Å²) in [4.78, 5) is 73.6. The lowest BCUT2D eigenvalue weighted by atomic mass is 10.1. The van der Waals surface area contributed by atoms with E-state index in [4.69, 9.17) is 30.3 Å². The van der Waals surface area contributed by atoms with E-state index in [9.17, 15) is 33.4 Å². The Bertz CT molecular complexity index is 1660. The average Bonchev–Trinajstić information content (AvgIpc) is 3.24. The van der Waals surface area contributed by atoms with Crippen LogP contribution in [0.2, 0.25) is 5.02 Å². The van der Waals surface area contributed by atoms with Gasteiger partial charge in [-0.05, 0) is 35.6 Å². The van der Waals surface area contributed by atoms with Gasteiger partial charge in [-0.2, -0.15) is 4.57 Å². The molecule has 2 heterocycles. The third kappa shape index (κ3) is 7.20. The maximum absolute atomic E-state index is 13.5. The molecule has 0 saturated carbocycles. The first-order chi connectivity index (χ1) is 19.9. The quantitative estimate of drug-likeness (QED) is 0.269. The van der Waals surface area contributed by atoms with Crippen molar-refractivity contribution in [2.24, 2.45) is 0 Å². The fourth-order valence-corrected chi connectivity index (χ4v) is 6.83. The predicted molar refractivity (Wildman–Crippen MR) is 151 cm³/mol. The molecule has 0 aliphatic carbocycles. The summed E-state index contributed by atoms with van der Waals surface area (Å²) >= 11 is 6.43. The lowest BCUT2D eigenvalue weighted by molar-refractivity contribution is -0.165. The molecule has 3 aromatic rings. The summed E-state index contributed by atoms with van der Waals surface area (Å²) in [7, 11) is 0. The number of para-hydroxylation sites is 1. The molecule has 1 aliphatic rings. The molecular weight excluding hydrogens is 615 g/mol. The number of rotatable bonds is 9. The standard InChI is InChI=1S/C26H24ClN2O11PS/c1-15(30)37-22-20(14-42-41(35,36)40-19-11-7-6-10-18(19)27)39-25(23(22)38-16(2)31)28-13-12-21(32)29(26(28)34)24(33)17-8-4-3-5-9-17/h3-13,20,22-23,25H,14H2,1-2H3,(H,35,36)/t20-,22-,23-,25-/m1/s1. The van der Waals surface area contributed by atoms with Crippen molar-refractivity contribution in [3.63, 3.8) is 0 Å². The van der Waals surface area contributed by atoms with Gasteiger partial charge < -0.3 is 23.6 Å². The molecule has 13 nitrogen and oxygen atoms in total. The van der Waals surface area contributed by atoms with Crippen LogP contribution in [0.1, 0.15) is 30.4 Å². The van der Waals surface area contributed by atoms with E-state index >= 15 is 0 Å². The monoisotopic (exact) mass is 638 g/mol. The van der Waals surface area contributed by atoms with Gasteiger partial charge in [0.05, 0.1) is 5.02 Å². The van der Waals surface area contributed by atoms with E-state index in [1.807, 2.05) is 0 Å². The lowest BCUT2D eigenvalue weighted by Crippen LogP contribution is -2.47. The topological polar surface area (TPSA) is 169 Å². The van der Waals surface area contributed by atoms with Crippen molar-refractivity contribution in [2.45, 2.75) is 38.4 Å². The number of esters is 2. The number of carbonyl (C=O) groups is 3. The number of hydrogen-bond donors (Lipinski definition) is 1. The average molecular weight is 639 g/mol. The Morgan fingerprint density at radius 3 is 2.24 bits per heavy atom. The highest BCUT2D eigenvalue weighted by Gasteiger charge is 2.51. The van der Waals surface area contributed by atoms with Crippen LogP contribution >= 0.6 is 29.8 Å². The van der Waals surface area contributed by atoms with Crippen molar-refractivity contribution in [1.82, 2.24) is 9.13 Å². The van der Waals surface area contributed by atoms with Crippen molar-refractivity contribution < 1.29 is 42.6 Å². The number of benzene rings is 2. The summed E-state index contributed by atoms with van der Waals surface area (Å²) in [6, 6.07) is 14.6. The highest BCUT2D eigenvalue weighted by molar-refractivity contribution is 8.54. The summed E-state index contributed by atoms with van der Waals surface area (Å²) in [5.74, 6) is -2.93. The second-order valence-electron chi connectivity index (χ2n) is 8.85. The smallest absolute Gasteiger partial charge is 0.437 e. The molecule has 0 radical (unpaired) electrons. The molecule has 0 spiro atoms. The van der Waals surface area contributed by atoms with E-state index in [0.29, 0.717) is 15.9 Å². The van der Waals surface area contributed by atoms with Crippen LogP contribution in [0.4, 0.5) is 0 Å². The molecule has 1 aliphatic heterocycles. The number of nitrogens with zero attached hydrogens (tertiary/aromatic N) is 2. The fourth-order valence-electron chi connectivity index (χ4n) is 4.14. The Morgan fingerprint density at radius 1 is 0.976 bits per heavy atom. The normalized spacial score (nSPS) is 21.2. The third-order valence-electron chi connectivity index (χ3n) is 5.85. The van der Waals surface area contributed by atoms with Gasteiger partial charge in [-0.1, -0.05) is 41.9 Å². The zero-order valence-corrected chi connectivity index (χ0v) is 24.5. The van der Waals surface area contributed by atoms with Crippen molar-refractivity contribution in [3.8, 4) is 5.75 Å². The van der Waals surface area contributed by atoms with Gasteiger partial charge in [-0.15, -0.1) is 0 Å². The summed E-state index contributed by atoms with van der Waals surface area (Å²) in [6.07, 6.45) is -4.50. The van der Waals surface area contributed by atoms with Gasteiger partial charge in [0, 0.05) is 37.4 Å². The number of ether oxygens (including phenoxy) is 3. The van der Waals surface area contributed by atoms with Gasteiger partial charge in [-0.25, -0.2) is 9.36 Å². The zero-order chi connectivity index (χ0) is 30.6. The van der Waals surface area contributed by atoms with Crippen LogP contribution in [-0.4, -0.2) is 55.9 Å². The van der Waals surface area contributed by atoms with Gasteiger partial charge in [0.15, 0.2) is 18.4 Å². The Kier molecular flexibility index (Phi) is 9.74. The molecule has 0 bridgehead atoms. The molecular formula is C26H24ClN2O11PS. The Balaban J connectivity index is 1.68. The molecule has 1 N–H and O–H groups in total. The minimum atomic E-state index is -4.42. The van der Waals surface area contributed by atoms with Crippen LogP contribution in [0.25, 0.3) is 0 Å². The fraction of sp³-hybridized carbons (Fsp3) is 0.269. The molecule has 0 amide bonds. The van der Waals surface area contributed by atoms with Crippen LogP contribution in [-0.2, 0) is 28.4 Å². The van der Waals surface area contributed by atoms with E-state index in [1.54, 1.807) is 30.3 Å². The summed E-state index contributed by atoms with van der Waals surface area (Å²) in [6.45, 7) is -2.26. The summed E-state index contributed by atoms with van der Waals surface area (Å²) in [5.41, 5.74) is -1.99. The predicted octanol–water partition coefficient (Wildman–Crippen LogP) is 3.03. The molecule has 2 aromatic carbocycles. The van der Waals surface area contributed by atoms with E-state index in [2.05, 4.69) is 0 Å². The van der Waals surface area contributed by atoms with Gasteiger partial charge in [0.2, 0.25) is 0 Å². The molecule has 1 saturated heterocycles. The van der Waals surface area contributed by atoms with Crippen LogP contribution in [0.5, 0.6) is 5.75 Å². The van der Waals surface area contributed by atoms with E-state index < -0.39 is 60.4 Å². The highest BCUT2D eigenvalue weighted by atomic mass is 35.5. The van der Waals surface area contributed by atoms with Crippen LogP contribution in [0.15, 0.2) is 76.4 Å². The van der Waals surface area contributed by atoms with Crippen LogP contribution in [0, 0.1) is 0 Å². The number of hydrogen-bond acceptors (Lipinski definition) is 11. The lowest BCUT2D eigenvalue weighted by Gasteiger charge is -2.24. The summed E-state index contributed by atoms with van der Waals surface area (Å²) in [5, 5.41) is 0.0943. The van der Waals surface area contributed by atoms with Crippen molar-refractivity contribution in [3.05, 3.63) is 98.3 Å². The largest absolute Gasteiger partial charge is 0.456 e. The molecule has 222 valence electrons. The highest BCUT2D eigenvalue weighted by Crippen LogP contribution is 2.57. The van der Waals surface area contributed by atoms with E-state index in [0.717, 1.165) is 30.7 Å². The molecule has 1 fully saturated rings. The molecule has 1 aromatic heterocycles. The first-order valence-corrected chi connectivity index (χ1v) is 15.8.